The van der Waals surface area contributed by atoms with Gasteiger partial charge in [0.25, 0.3) is 0 Å². The molecule has 0 saturated carbocycles. The standard InChI is InChI=1S/C7H15NO7/c8-2(1-9)3(10)4(11)5(12)6(13)7(14)15/h2-6,9-13H,1,8H2,(H,14,15). The van der Waals surface area contributed by atoms with E-state index in [1.807, 2.05) is 0 Å². The zero-order valence-corrected chi connectivity index (χ0v) is 7.76. The SMILES string of the molecule is NC(CO)C(O)C(O)C(O)C(O)C(=O)O. The molecule has 0 amide bonds. The molecule has 0 heterocycles. The summed E-state index contributed by atoms with van der Waals surface area (Å²) in [5, 5.41) is 53.1. The Bertz CT molecular complexity index is 212. The molecule has 8 N–H and O–H groups in total. The van der Waals surface area contributed by atoms with Crippen LogP contribution in [0.25, 0.3) is 0 Å². The molecule has 0 aliphatic heterocycles. The smallest absolute Gasteiger partial charge is 0.335 e. The van der Waals surface area contributed by atoms with E-state index in [-0.39, 0.29) is 0 Å². The van der Waals surface area contributed by atoms with Crippen LogP contribution in [0.1, 0.15) is 0 Å². The predicted molar refractivity (Wildman–Crippen MR) is 46.7 cm³/mol. The summed E-state index contributed by atoms with van der Waals surface area (Å²) in [6.45, 7) is -0.659. The number of aliphatic hydroxyl groups is 5. The van der Waals surface area contributed by atoms with Gasteiger partial charge in [-0.25, -0.2) is 4.79 Å². The van der Waals surface area contributed by atoms with Crippen molar-refractivity contribution in [3.63, 3.8) is 0 Å². The second kappa shape index (κ2) is 5.95. The minimum atomic E-state index is -2.24. The van der Waals surface area contributed by atoms with Gasteiger partial charge in [-0.15, -0.1) is 0 Å². The average molecular weight is 225 g/mol. The van der Waals surface area contributed by atoms with E-state index >= 15 is 0 Å². The fraction of sp³-hybridized carbons (Fsp3) is 0.857. The van der Waals surface area contributed by atoms with Crippen LogP contribution in [0.2, 0.25) is 0 Å². The third-order valence-electron chi connectivity index (χ3n) is 1.93. The van der Waals surface area contributed by atoms with Gasteiger partial charge in [0, 0.05) is 0 Å². The second-order valence-corrected chi connectivity index (χ2v) is 3.10. The molecule has 0 bridgehead atoms. The van der Waals surface area contributed by atoms with Crippen LogP contribution >= 0.6 is 0 Å². The molecule has 0 spiro atoms. The molecule has 0 rings (SSSR count). The van der Waals surface area contributed by atoms with Crippen molar-refractivity contribution in [2.24, 2.45) is 5.73 Å². The summed E-state index contributed by atoms with van der Waals surface area (Å²) in [5.41, 5.74) is 5.13. The highest BCUT2D eigenvalue weighted by atomic mass is 16.4. The number of carbonyl (C=O) groups is 1. The van der Waals surface area contributed by atoms with Crippen LogP contribution in [-0.4, -0.2) is 73.7 Å². The number of nitrogens with two attached hydrogens (primary N) is 1. The van der Waals surface area contributed by atoms with Crippen LogP contribution < -0.4 is 5.73 Å². The fourth-order valence-electron chi connectivity index (χ4n) is 0.896. The van der Waals surface area contributed by atoms with Crippen LogP contribution in [0.5, 0.6) is 0 Å². The molecule has 0 aromatic heterocycles. The van der Waals surface area contributed by atoms with E-state index in [2.05, 4.69) is 0 Å². The highest BCUT2D eigenvalue weighted by molar-refractivity contribution is 5.72. The third-order valence-corrected chi connectivity index (χ3v) is 1.93. The Morgan fingerprint density at radius 3 is 1.87 bits per heavy atom. The minimum absolute atomic E-state index is 0.659. The highest BCUT2D eigenvalue weighted by Crippen LogP contribution is 2.07. The van der Waals surface area contributed by atoms with Crippen molar-refractivity contribution in [2.75, 3.05) is 6.61 Å². The van der Waals surface area contributed by atoms with Gasteiger partial charge in [0.1, 0.15) is 12.2 Å². The molecule has 0 saturated heterocycles. The lowest BCUT2D eigenvalue weighted by molar-refractivity contribution is -0.163. The molecule has 5 atom stereocenters. The van der Waals surface area contributed by atoms with Gasteiger partial charge in [-0.05, 0) is 0 Å². The summed E-state index contributed by atoms with van der Waals surface area (Å²) in [7, 11) is 0. The molecule has 0 aliphatic carbocycles. The summed E-state index contributed by atoms with van der Waals surface area (Å²) in [6, 6.07) is -1.24. The first-order valence-corrected chi connectivity index (χ1v) is 4.14. The maximum atomic E-state index is 10.2. The van der Waals surface area contributed by atoms with E-state index in [0.717, 1.165) is 0 Å². The largest absolute Gasteiger partial charge is 0.479 e. The predicted octanol–water partition coefficient (Wildman–Crippen LogP) is -4.17. The van der Waals surface area contributed by atoms with Crippen molar-refractivity contribution >= 4 is 5.97 Å². The van der Waals surface area contributed by atoms with Crippen LogP contribution in [0.15, 0.2) is 0 Å². The van der Waals surface area contributed by atoms with Gasteiger partial charge in [-0.2, -0.15) is 0 Å². The van der Waals surface area contributed by atoms with Crippen molar-refractivity contribution in [1.82, 2.24) is 0 Å². The Morgan fingerprint density at radius 2 is 1.53 bits per heavy atom. The molecule has 0 aromatic carbocycles. The molecule has 5 unspecified atom stereocenters. The summed E-state index contributed by atoms with van der Waals surface area (Å²) in [4.78, 5) is 10.2. The molecule has 90 valence electrons. The summed E-state index contributed by atoms with van der Waals surface area (Å²) < 4.78 is 0. The Kier molecular flexibility index (Phi) is 5.65. The quantitative estimate of drug-likeness (QED) is 0.239. The zero-order chi connectivity index (χ0) is 12.2. The minimum Gasteiger partial charge on any atom is -0.479 e. The van der Waals surface area contributed by atoms with Crippen molar-refractivity contribution in [3.05, 3.63) is 0 Å². The van der Waals surface area contributed by atoms with Gasteiger partial charge < -0.3 is 36.4 Å². The van der Waals surface area contributed by atoms with Gasteiger partial charge in [-0.1, -0.05) is 0 Å². The third kappa shape index (κ3) is 3.70. The molecular formula is C7H15NO7. The van der Waals surface area contributed by atoms with Crippen molar-refractivity contribution in [2.45, 2.75) is 30.5 Å². The van der Waals surface area contributed by atoms with E-state index in [4.69, 9.17) is 26.2 Å². The first-order valence-electron chi connectivity index (χ1n) is 4.14. The number of hydrogen-bond donors (Lipinski definition) is 7. The molecule has 8 nitrogen and oxygen atoms in total. The number of carboxylic acids is 1. The molecule has 8 heteroatoms. The molecule has 0 aromatic rings. The van der Waals surface area contributed by atoms with Gasteiger partial charge in [0.15, 0.2) is 6.10 Å². The monoisotopic (exact) mass is 225 g/mol. The fourth-order valence-corrected chi connectivity index (χ4v) is 0.896. The Morgan fingerprint density at radius 1 is 1.07 bits per heavy atom. The number of carboxylic acid groups (broad SMARTS) is 1. The molecule has 0 fully saturated rings. The van der Waals surface area contributed by atoms with Gasteiger partial charge >= 0.3 is 5.97 Å². The van der Waals surface area contributed by atoms with E-state index in [0.29, 0.717) is 0 Å². The van der Waals surface area contributed by atoms with Crippen LogP contribution in [0.3, 0.4) is 0 Å². The lowest BCUT2D eigenvalue weighted by Crippen LogP contribution is -2.54. The number of aliphatic hydroxyl groups excluding tert-OH is 5. The highest BCUT2D eigenvalue weighted by Gasteiger charge is 2.36. The van der Waals surface area contributed by atoms with Crippen molar-refractivity contribution in [1.29, 1.82) is 0 Å². The lowest BCUT2D eigenvalue weighted by atomic mass is 9.98. The maximum Gasteiger partial charge on any atom is 0.335 e. The zero-order valence-electron chi connectivity index (χ0n) is 7.76. The van der Waals surface area contributed by atoms with Gasteiger partial charge in [0.2, 0.25) is 0 Å². The first-order chi connectivity index (χ1) is 6.82. The van der Waals surface area contributed by atoms with Crippen molar-refractivity contribution < 1.29 is 35.4 Å². The van der Waals surface area contributed by atoms with Crippen LogP contribution in [0, 0.1) is 0 Å². The average Bonchev–Trinajstić information content (AvgIpc) is 2.23. The Hall–Kier alpha value is -0.770. The summed E-state index contributed by atoms with van der Waals surface area (Å²) in [5.74, 6) is -1.74. The Balaban J connectivity index is 4.42. The van der Waals surface area contributed by atoms with Crippen molar-refractivity contribution in [3.8, 4) is 0 Å². The summed E-state index contributed by atoms with van der Waals surface area (Å²) >= 11 is 0. The molecule has 0 radical (unpaired) electrons. The number of hydrogen-bond acceptors (Lipinski definition) is 7. The van der Waals surface area contributed by atoms with Gasteiger partial charge in [-0.3, -0.25) is 0 Å². The first kappa shape index (κ1) is 14.2. The topological polar surface area (TPSA) is 164 Å². The van der Waals surface area contributed by atoms with E-state index in [1.165, 1.54) is 0 Å². The van der Waals surface area contributed by atoms with Crippen LogP contribution in [-0.2, 0) is 4.79 Å². The van der Waals surface area contributed by atoms with E-state index in [1.54, 1.807) is 0 Å². The maximum absolute atomic E-state index is 10.2. The van der Waals surface area contributed by atoms with E-state index < -0.39 is 43.0 Å². The summed E-state index contributed by atoms with van der Waals surface area (Å²) in [6.07, 6.45) is -8.02. The molecule has 15 heavy (non-hydrogen) atoms. The van der Waals surface area contributed by atoms with Gasteiger partial charge in [0.05, 0.1) is 18.8 Å². The van der Waals surface area contributed by atoms with Crippen LogP contribution in [0.4, 0.5) is 0 Å². The normalized spacial score (nSPS) is 21.5. The molecule has 0 aliphatic rings. The number of rotatable bonds is 6. The lowest BCUT2D eigenvalue weighted by Gasteiger charge is -2.27. The second-order valence-electron chi connectivity index (χ2n) is 3.10. The van der Waals surface area contributed by atoms with E-state index in [9.17, 15) is 15.0 Å². The molecular weight excluding hydrogens is 210 g/mol. The Labute approximate surface area is 85.2 Å². The number of aliphatic carboxylic acids is 1.